The lowest BCUT2D eigenvalue weighted by molar-refractivity contribution is -0.118. The van der Waals surface area contributed by atoms with E-state index in [2.05, 4.69) is 25.3 Å². The van der Waals surface area contributed by atoms with Crippen LogP contribution in [0.5, 0.6) is 0 Å². The van der Waals surface area contributed by atoms with E-state index in [0.717, 1.165) is 0 Å². The molecule has 1 rings (SSSR count). The summed E-state index contributed by atoms with van der Waals surface area (Å²) in [6, 6.07) is 0. The second-order valence-electron chi connectivity index (χ2n) is 3.19. The number of anilines is 1. The summed E-state index contributed by atoms with van der Waals surface area (Å²) in [6.45, 7) is 2.48. The van der Waals surface area contributed by atoms with Gasteiger partial charge in [-0.2, -0.15) is 0 Å². The molecule has 0 saturated heterocycles. The fourth-order valence-electron chi connectivity index (χ4n) is 1.06. The van der Waals surface area contributed by atoms with Crippen molar-refractivity contribution >= 4 is 17.7 Å². The van der Waals surface area contributed by atoms with Gasteiger partial charge in [0.1, 0.15) is 5.82 Å². The van der Waals surface area contributed by atoms with Gasteiger partial charge in [-0.1, -0.05) is 0 Å². The summed E-state index contributed by atoms with van der Waals surface area (Å²) in [5.41, 5.74) is 0.153. The molecule has 2 N–H and O–H groups in total. The summed E-state index contributed by atoms with van der Waals surface area (Å²) in [4.78, 5) is 29.5. The molecule has 1 aromatic heterocycles. The van der Waals surface area contributed by atoms with E-state index in [0.29, 0.717) is 18.9 Å². The van der Waals surface area contributed by atoms with E-state index in [4.69, 9.17) is 0 Å². The van der Waals surface area contributed by atoms with E-state index < -0.39 is 5.97 Å². The first kappa shape index (κ1) is 12.9. The van der Waals surface area contributed by atoms with Crippen molar-refractivity contribution in [1.82, 2.24) is 15.3 Å². The van der Waals surface area contributed by atoms with Crippen molar-refractivity contribution in [2.75, 3.05) is 25.5 Å². The van der Waals surface area contributed by atoms with Gasteiger partial charge >= 0.3 is 5.97 Å². The van der Waals surface area contributed by atoms with E-state index in [9.17, 15) is 9.59 Å². The quantitative estimate of drug-likeness (QED) is 0.545. The molecule has 0 bridgehead atoms. The maximum Gasteiger partial charge on any atom is 0.358 e. The highest BCUT2D eigenvalue weighted by molar-refractivity contribution is 5.86. The van der Waals surface area contributed by atoms with Gasteiger partial charge in [0.15, 0.2) is 5.69 Å². The van der Waals surface area contributed by atoms with Crippen molar-refractivity contribution in [3.05, 3.63) is 18.1 Å². The molecule has 0 unspecified atom stereocenters. The number of amides is 1. The average Bonchev–Trinajstić information content (AvgIpc) is 2.34. The maximum atomic E-state index is 11.1. The standard InChI is InChI=1S/C10H14N4O3/c1-7(15)11-3-4-12-9-6-13-8(5-14-9)10(16)17-2/h5-6H,3-4H2,1-2H3,(H,11,15)(H,12,14). The van der Waals surface area contributed by atoms with Crippen molar-refractivity contribution in [2.24, 2.45) is 0 Å². The van der Waals surface area contributed by atoms with Crippen molar-refractivity contribution in [2.45, 2.75) is 6.92 Å². The van der Waals surface area contributed by atoms with Gasteiger partial charge in [0.2, 0.25) is 5.91 Å². The largest absolute Gasteiger partial charge is 0.464 e. The topological polar surface area (TPSA) is 93.2 Å². The molecule has 7 nitrogen and oxygen atoms in total. The zero-order valence-corrected chi connectivity index (χ0v) is 9.69. The summed E-state index contributed by atoms with van der Waals surface area (Å²) in [7, 11) is 1.28. The number of aromatic nitrogens is 2. The third kappa shape index (κ3) is 4.45. The Morgan fingerprint density at radius 1 is 1.29 bits per heavy atom. The number of carbonyl (C=O) groups excluding carboxylic acids is 2. The molecule has 0 atom stereocenters. The van der Waals surface area contributed by atoms with Gasteiger partial charge in [0, 0.05) is 20.0 Å². The smallest absolute Gasteiger partial charge is 0.358 e. The highest BCUT2D eigenvalue weighted by atomic mass is 16.5. The molecule has 17 heavy (non-hydrogen) atoms. The highest BCUT2D eigenvalue weighted by Gasteiger charge is 2.06. The van der Waals surface area contributed by atoms with Crippen LogP contribution in [0.25, 0.3) is 0 Å². The van der Waals surface area contributed by atoms with Crippen LogP contribution in [-0.4, -0.2) is 42.0 Å². The van der Waals surface area contributed by atoms with Crippen molar-refractivity contribution in [3.8, 4) is 0 Å². The van der Waals surface area contributed by atoms with Crippen LogP contribution in [-0.2, 0) is 9.53 Å². The molecule has 0 aliphatic rings. The van der Waals surface area contributed by atoms with Crippen LogP contribution in [0.15, 0.2) is 12.4 Å². The Balaban J connectivity index is 2.40. The molecule has 0 aliphatic carbocycles. The van der Waals surface area contributed by atoms with E-state index in [1.54, 1.807) is 0 Å². The van der Waals surface area contributed by atoms with E-state index in [1.165, 1.54) is 26.4 Å². The van der Waals surface area contributed by atoms with Crippen molar-refractivity contribution in [3.63, 3.8) is 0 Å². The predicted molar refractivity (Wildman–Crippen MR) is 60.5 cm³/mol. The van der Waals surface area contributed by atoms with Crippen LogP contribution in [0, 0.1) is 0 Å². The molecule has 1 aromatic rings. The fraction of sp³-hybridized carbons (Fsp3) is 0.400. The number of hydrogen-bond acceptors (Lipinski definition) is 6. The molecule has 7 heteroatoms. The van der Waals surface area contributed by atoms with Crippen LogP contribution in [0.4, 0.5) is 5.82 Å². The fourth-order valence-corrected chi connectivity index (χ4v) is 1.06. The normalized spacial score (nSPS) is 9.53. The first-order chi connectivity index (χ1) is 8.13. The van der Waals surface area contributed by atoms with Gasteiger partial charge in [-0.3, -0.25) is 4.79 Å². The van der Waals surface area contributed by atoms with Gasteiger partial charge in [-0.05, 0) is 0 Å². The van der Waals surface area contributed by atoms with Crippen LogP contribution >= 0.6 is 0 Å². The van der Waals surface area contributed by atoms with E-state index in [-0.39, 0.29) is 11.6 Å². The molecule has 0 aromatic carbocycles. The second kappa shape index (κ2) is 6.41. The number of nitrogens with one attached hydrogen (secondary N) is 2. The Morgan fingerprint density at radius 2 is 2.06 bits per heavy atom. The molecular weight excluding hydrogens is 224 g/mol. The minimum atomic E-state index is -0.526. The third-order valence-corrected chi connectivity index (χ3v) is 1.85. The van der Waals surface area contributed by atoms with Gasteiger partial charge in [-0.25, -0.2) is 14.8 Å². The Morgan fingerprint density at radius 3 is 2.59 bits per heavy atom. The molecule has 0 radical (unpaired) electrons. The molecule has 0 saturated carbocycles. The van der Waals surface area contributed by atoms with E-state index in [1.807, 2.05) is 0 Å². The first-order valence-corrected chi connectivity index (χ1v) is 5.02. The van der Waals surface area contributed by atoms with Crippen molar-refractivity contribution in [1.29, 1.82) is 0 Å². The number of hydrogen-bond donors (Lipinski definition) is 2. The molecule has 0 fully saturated rings. The summed E-state index contributed by atoms with van der Waals surface area (Å²) in [5, 5.41) is 5.57. The Bertz CT molecular complexity index is 391. The zero-order chi connectivity index (χ0) is 12.7. The number of carbonyl (C=O) groups is 2. The molecule has 92 valence electrons. The Hall–Kier alpha value is -2.18. The van der Waals surface area contributed by atoms with Gasteiger partial charge in [-0.15, -0.1) is 0 Å². The van der Waals surface area contributed by atoms with E-state index >= 15 is 0 Å². The average molecular weight is 238 g/mol. The minimum absolute atomic E-state index is 0.0843. The summed E-state index contributed by atoms with van der Waals surface area (Å²) in [5.74, 6) is -0.0794. The monoisotopic (exact) mass is 238 g/mol. The Labute approximate surface area is 98.6 Å². The molecular formula is C10H14N4O3. The van der Waals surface area contributed by atoms with Crippen LogP contribution in [0.2, 0.25) is 0 Å². The summed E-state index contributed by atoms with van der Waals surface area (Å²) >= 11 is 0. The first-order valence-electron chi connectivity index (χ1n) is 5.02. The van der Waals surface area contributed by atoms with Crippen LogP contribution in [0.1, 0.15) is 17.4 Å². The number of ether oxygens (including phenoxy) is 1. The maximum absolute atomic E-state index is 11.1. The molecule has 1 amide bonds. The minimum Gasteiger partial charge on any atom is -0.464 e. The SMILES string of the molecule is COC(=O)c1cnc(NCCNC(C)=O)cn1. The third-order valence-electron chi connectivity index (χ3n) is 1.85. The summed E-state index contributed by atoms with van der Waals surface area (Å²) < 4.78 is 4.49. The lowest BCUT2D eigenvalue weighted by Crippen LogP contribution is -2.26. The Kier molecular flexibility index (Phi) is 4.86. The predicted octanol–water partition coefficient (Wildman–Crippen LogP) is -0.189. The molecule has 1 heterocycles. The van der Waals surface area contributed by atoms with Crippen molar-refractivity contribution < 1.29 is 14.3 Å². The van der Waals surface area contributed by atoms with Crippen LogP contribution in [0.3, 0.4) is 0 Å². The van der Waals surface area contributed by atoms with Gasteiger partial charge in [0.25, 0.3) is 0 Å². The highest BCUT2D eigenvalue weighted by Crippen LogP contribution is 2.01. The zero-order valence-electron chi connectivity index (χ0n) is 9.69. The second-order valence-corrected chi connectivity index (χ2v) is 3.19. The lowest BCUT2D eigenvalue weighted by Gasteiger charge is -2.05. The number of methoxy groups -OCH3 is 1. The van der Waals surface area contributed by atoms with Gasteiger partial charge in [0.05, 0.1) is 19.5 Å². The summed E-state index contributed by atoms with van der Waals surface area (Å²) in [6.07, 6.45) is 2.76. The molecule has 0 spiro atoms. The number of esters is 1. The molecule has 0 aliphatic heterocycles. The lowest BCUT2D eigenvalue weighted by atomic mass is 10.4. The number of rotatable bonds is 5. The number of nitrogens with zero attached hydrogens (tertiary/aromatic N) is 2. The van der Waals surface area contributed by atoms with Gasteiger partial charge < -0.3 is 15.4 Å². The van der Waals surface area contributed by atoms with Crippen LogP contribution < -0.4 is 10.6 Å².